The molecule has 0 aromatic carbocycles. The Kier molecular flexibility index (Phi) is 4.00. The van der Waals surface area contributed by atoms with Crippen molar-refractivity contribution in [1.29, 1.82) is 0 Å². The number of aliphatic hydroxyl groups excluding tert-OH is 1. The summed E-state index contributed by atoms with van der Waals surface area (Å²) in [5.41, 5.74) is -2.56. The van der Waals surface area contributed by atoms with Crippen LogP contribution < -0.4 is 0 Å². The highest BCUT2D eigenvalue weighted by molar-refractivity contribution is 5.74. The second-order valence-electron chi connectivity index (χ2n) is 4.42. The Labute approximate surface area is 103 Å². The number of aliphatic hydroxyl groups is 1. The van der Waals surface area contributed by atoms with Crippen molar-refractivity contribution in [3.63, 3.8) is 0 Å². The molecule has 1 aliphatic heterocycles. The minimum Gasteiger partial charge on any atom is -0.501 e. The van der Waals surface area contributed by atoms with Gasteiger partial charge in [0, 0.05) is 11.3 Å². The summed E-state index contributed by atoms with van der Waals surface area (Å²) in [4.78, 5) is 24.1. The lowest BCUT2D eigenvalue weighted by atomic mass is 9.84. The molecule has 0 aromatic heterocycles. The number of nitrogens with zero attached hydrogens (tertiary/aromatic N) is 3. The molecule has 0 fully saturated rings. The van der Waals surface area contributed by atoms with E-state index in [0.717, 1.165) is 6.21 Å². The van der Waals surface area contributed by atoms with Crippen LogP contribution >= 0.6 is 0 Å². The lowest BCUT2D eigenvalue weighted by Gasteiger charge is -2.24. The molecule has 1 heterocycles. The van der Waals surface area contributed by atoms with E-state index < -0.39 is 26.8 Å². The van der Waals surface area contributed by atoms with Gasteiger partial charge in [-0.25, -0.2) is 0 Å². The second kappa shape index (κ2) is 5.11. The largest absolute Gasteiger partial charge is 0.501 e. The summed E-state index contributed by atoms with van der Waals surface area (Å²) in [7, 11) is 0. The quantitative estimate of drug-likeness (QED) is 0.592. The van der Waals surface area contributed by atoms with Gasteiger partial charge in [-0.1, -0.05) is 20.3 Å². The molecule has 2 unspecified atom stereocenters. The van der Waals surface area contributed by atoms with Crippen LogP contribution in [0, 0.1) is 26.1 Å². The van der Waals surface area contributed by atoms with Gasteiger partial charge in [0.1, 0.15) is 6.54 Å². The zero-order valence-electron chi connectivity index (χ0n) is 10.2. The Morgan fingerprint density at radius 3 is 2.61 bits per heavy atom. The van der Waals surface area contributed by atoms with Gasteiger partial charge in [-0.15, -0.1) is 0 Å². The Morgan fingerprint density at radius 2 is 2.17 bits per heavy atom. The molecule has 100 valence electrons. The first-order valence-electron chi connectivity index (χ1n) is 5.57. The van der Waals surface area contributed by atoms with Gasteiger partial charge in [-0.05, 0) is 5.92 Å². The third-order valence-electron chi connectivity index (χ3n) is 3.13. The van der Waals surface area contributed by atoms with Gasteiger partial charge in [0.15, 0.2) is 0 Å². The van der Waals surface area contributed by atoms with Crippen LogP contribution in [-0.4, -0.2) is 33.3 Å². The van der Waals surface area contributed by atoms with E-state index in [9.17, 15) is 25.3 Å². The van der Waals surface area contributed by atoms with Gasteiger partial charge in [0.2, 0.25) is 0 Å². The first-order valence-corrected chi connectivity index (χ1v) is 5.57. The van der Waals surface area contributed by atoms with Gasteiger partial charge >= 0.3 is 11.2 Å². The van der Waals surface area contributed by atoms with E-state index in [1.807, 2.05) is 6.92 Å². The molecule has 8 heteroatoms. The van der Waals surface area contributed by atoms with Gasteiger partial charge < -0.3 is 5.11 Å². The fraction of sp³-hybridized carbons (Fsp3) is 0.700. The zero-order valence-corrected chi connectivity index (χ0v) is 10.2. The van der Waals surface area contributed by atoms with Crippen molar-refractivity contribution >= 4 is 6.21 Å². The van der Waals surface area contributed by atoms with Crippen molar-refractivity contribution in [2.45, 2.75) is 32.2 Å². The Hall–Kier alpha value is -1.99. The van der Waals surface area contributed by atoms with Crippen molar-refractivity contribution in [3.8, 4) is 0 Å². The Balaban J connectivity index is 3.26. The van der Waals surface area contributed by atoms with E-state index >= 15 is 0 Å². The number of hydrogen-bond donors (Lipinski definition) is 1. The first-order chi connectivity index (χ1) is 8.35. The number of aliphatic imine (C=N–C) groups is 1. The van der Waals surface area contributed by atoms with Crippen LogP contribution in [-0.2, 0) is 0 Å². The summed E-state index contributed by atoms with van der Waals surface area (Å²) >= 11 is 0. The second-order valence-corrected chi connectivity index (χ2v) is 4.42. The van der Waals surface area contributed by atoms with Crippen molar-refractivity contribution in [1.82, 2.24) is 0 Å². The summed E-state index contributed by atoms with van der Waals surface area (Å²) in [5, 5.41) is 31.8. The standard InChI is InChI=1S/C10H15N3O5/c1-3-7(2)4-10(13(17)18)6-11-5-8(9(10)14)12(15)16/h6-7,14H,3-5H2,1-2H3. The molecular formula is C10H15N3O5. The Bertz CT molecular complexity index is 431. The monoisotopic (exact) mass is 257 g/mol. The molecule has 0 aromatic rings. The number of rotatable bonds is 5. The van der Waals surface area contributed by atoms with Crippen molar-refractivity contribution in [3.05, 3.63) is 31.7 Å². The lowest BCUT2D eigenvalue weighted by Crippen LogP contribution is -2.46. The van der Waals surface area contributed by atoms with Gasteiger partial charge in [-0.3, -0.25) is 25.2 Å². The minimum absolute atomic E-state index is 0.0107. The molecular weight excluding hydrogens is 242 g/mol. The molecule has 0 amide bonds. The molecule has 0 saturated carbocycles. The summed E-state index contributed by atoms with van der Waals surface area (Å²) in [6.45, 7) is 3.30. The molecule has 1 rings (SSSR count). The lowest BCUT2D eigenvalue weighted by molar-refractivity contribution is -0.545. The van der Waals surface area contributed by atoms with Crippen molar-refractivity contribution in [2.24, 2.45) is 10.9 Å². The van der Waals surface area contributed by atoms with Crippen LogP contribution in [0.1, 0.15) is 26.7 Å². The molecule has 18 heavy (non-hydrogen) atoms. The van der Waals surface area contributed by atoms with Crippen LogP contribution in [0.3, 0.4) is 0 Å². The number of nitro groups is 2. The average molecular weight is 257 g/mol. The highest BCUT2D eigenvalue weighted by Crippen LogP contribution is 2.31. The molecule has 2 atom stereocenters. The number of dihydropyridines is 1. The maximum absolute atomic E-state index is 11.2. The van der Waals surface area contributed by atoms with Crippen molar-refractivity contribution < 1.29 is 15.0 Å². The molecule has 8 nitrogen and oxygen atoms in total. The van der Waals surface area contributed by atoms with Crippen LogP contribution in [0.25, 0.3) is 0 Å². The smallest absolute Gasteiger partial charge is 0.319 e. The zero-order chi connectivity index (χ0) is 13.9. The summed E-state index contributed by atoms with van der Waals surface area (Å²) in [6.07, 6.45) is 1.68. The Morgan fingerprint density at radius 1 is 1.56 bits per heavy atom. The summed E-state index contributed by atoms with van der Waals surface area (Å²) in [5.74, 6) is -0.858. The van der Waals surface area contributed by atoms with Crippen LogP contribution in [0.4, 0.5) is 0 Å². The minimum atomic E-state index is -1.96. The van der Waals surface area contributed by atoms with Gasteiger partial charge in [0.25, 0.3) is 5.76 Å². The topological polar surface area (TPSA) is 119 Å². The van der Waals surface area contributed by atoms with Crippen LogP contribution in [0.15, 0.2) is 16.4 Å². The van der Waals surface area contributed by atoms with Crippen molar-refractivity contribution in [2.75, 3.05) is 6.54 Å². The van der Waals surface area contributed by atoms with E-state index in [1.54, 1.807) is 6.92 Å². The predicted molar refractivity (Wildman–Crippen MR) is 63.8 cm³/mol. The maximum Gasteiger partial charge on any atom is 0.319 e. The SMILES string of the molecule is CCC(C)CC1([N+](=O)[O-])C=NCC([N+](=O)[O-])=C1O. The van der Waals surface area contributed by atoms with Gasteiger partial charge in [0.05, 0.1) is 11.1 Å². The first kappa shape index (κ1) is 14.1. The maximum atomic E-state index is 11.2. The predicted octanol–water partition coefficient (Wildman–Crippen LogP) is 1.57. The van der Waals surface area contributed by atoms with E-state index in [2.05, 4.69) is 4.99 Å². The van der Waals surface area contributed by atoms with E-state index in [-0.39, 0.29) is 18.9 Å². The fourth-order valence-electron chi connectivity index (χ4n) is 1.85. The number of hydrogen-bond acceptors (Lipinski definition) is 6. The van der Waals surface area contributed by atoms with Crippen LogP contribution in [0.5, 0.6) is 0 Å². The summed E-state index contributed by atoms with van der Waals surface area (Å²) in [6, 6.07) is 0. The molecule has 0 saturated heterocycles. The molecule has 1 N–H and O–H groups in total. The third-order valence-corrected chi connectivity index (χ3v) is 3.13. The molecule has 1 aliphatic rings. The molecule has 0 radical (unpaired) electrons. The highest BCUT2D eigenvalue weighted by atomic mass is 16.6. The molecule has 0 bridgehead atoms. The normalized spacial score (nSPS) is 25.0. The fourth-order valence-corrected chi connectivity index (χ4v) is 1.85. The van der Waals surface area contributed by atoms with Crippen LogP contribution in [0.2, 0.25) is 0 Å². The van der Waals surface area contributed by atoms with Gasteiger partial charge in [-0.2, -0.15) is 0 Å². The molecule has 0 spiro atoms. The third kappa shape index (κ3) is 2.31. The average Bonchev–Trinajstić information content (AvgIpc) is 2.30. The van der Waals surface area contributed by atoms with E-state index in [0.29, 0.717) is 6.42 Å². The highest BCUT2D eigenvalue weighted by Gasteiger charge is 2.53. The summed E-state index contributed by atoms with van der Waals surface area (Å²) < 4.78 is 0. The molecule has 0 aliphatic carbocycles. The van der Waals surface area contributed by atoms with E-state index in [1.165, 1.54) is 0 Å². The van der Waals surface area contributed by atoms with E-state index in [4.69, 9.17) is 0 Å².